The highest BCUT2D eigenvalue weighted by molar-refractivity contribution is 9.08. The number of carbonyl (C=O) groups is 1. The van der Waals surface area contributed by atoms with Gasteiger partial charge in [-0.3, -0.25) is 9.48 Å². The summed E-state index contributed by atoms with van der Waals surface area (Å²) in [4.78, 5) is 12.2. The maximum Gasteiger partial charge on any atom is 0.259 e. The molecule has 1 amide bonds. The topological polar surface area (TPSA) is 46.9 Å². The maximum atomic E-state index is 12.2. The van der Waals surface area contributed by atoms with Gasteiger partial charge in [0, 0.05) is 24.3 Å². The summed E-state index contributed by atoms with van der Waals surface area (Å²) in [5.74, 6) is -0.114. The van der Waals surface area contributed by atoms with Crippen LogP contribution in [0.5, 0.6) is 0 Å². The molecule has 4 nitrogen and oxygen atoms in total. The van der Waals surface area contributed by atoms with Crippen LogP contribution in [0.2, 0.25) is 0 Å². The van der Waals surface area contributed by atoms with Crippen molar-refractivity contribution >= 4 is 27.5 Å². The summed E-state index contributed by atoms with van der Waals surface area (Å²) < 4.78 is 1.67. The van der Waals surface area contributed by atoms with E-state index in [1.807, 2.05) is 38.2 Å². The molecule has 0 saturated heterocycles. The van der Waals surface area contributed by atoms with Crippen LogP contribution in [0.1, 0.15) is 28.5 Å². The highest BCUT2D eigenvalue weighted by Gasteiger charge is 2.14. The van der Waals surface area contributed by atoms with Crippen LogP contribution in [0.25, 0.3) is 0 Å². The fourth-order valence-corrected chi connectivity index (χ4v) is 2.23. The highest BCUT2D eigenvalue weighted by atomic mass is 79.9. The average molecular weight is 322 g/mol. The Morgan fingerprint density at radius 3 is 2.63 bits per heavy atom. The fourth-order valence-electron chi connectivity index (χ4n) is 1.86. The molecule has 1 heterocycles. The molecule has 0 radical (unpaired) electrons. The summed E-state index contributed by atoms with van der Waals surface area (Å²) in [6, 6.07) is 7.76. The van der Waals surface area contributed by atoms with Crippen molar-refractivity contribution in [1.29, 1.82) is 0 Å². The maximum absolute atomic E-state index is 12.2. The SMILES string of the molecule is CCc1nn(C)cc1C(=O)Nc1ccc(CBr)cc1. The molecular weight excluding hydrogens is 306 g/mol. The molecule has 0 atom stereocenters. The zero-order valence-electron chi connectivity index (χ0n) is 11.0. The van der Waals surface area contributed by atoms with Gasteiger partial charge >= 0.3 is 0 Å². The van der Waals surface area contributed by atoms with Gasteiger partial charge in [0.25, 0.3) is 5.91 Å². The van der Waals surface area contributed by atoms with Gasteiger partial charge in [-0.2, -0.15) is 5.10 Å². The van der Waals surface area contributed by atoms with Crippen LogP contribution in [-0.2, 0) is 18.8 Å². The first-order valence-corrected chi connectivity index (χ1v) is 7.25. The van der Waals surface area contributed by atoms with Crippen molar-refractivity contribution in [2.45, 2.75) is 18.7 Å². The average Bonchev–Trinajstić information content (AvgIpc) is 2.81. The number of aromatic nitrogens is 2. The van der Waals surface area contributed by atoms with Gasteiger partial charge in [-0.25, -0.2) is 0 Å². The highest BCUT2D eigenvalue weighted by Crippen LogP contribution is 2.14. The molecule has 0 bridgehead atoms. The summed E-state index contributed by atoms with van der Waals surface area (Å²) in [5.41, 5.74) is 3.42. The first-order chi connectivity index (χ1) is 9.13. The first kappa shape index (κ1) is 13.8. The Morgan fingerprint density at radius 1 is 1.37 bits per heavy atom. The first-order valence-electron chi connectivity index (χ1n) is 6.12. The number of hydrogen-bond acceptors (Lipinski definition) is 2. The van der Waals surface area contributed by atoms with Crippen molar-refractivity contribution in [3.05, 3.63) is 47.3 Å². The van der Waals surface area contributed by atoms with E-state index in [1.165, 1.54) is 5.56 Å². The molecule has 0 aliphatic carbocycles. The number of carbonyl (C=O) groups excluding carboxylic acids is 1. The van der Waals surface area contributed by atoms with Gasteiger partial charge in [-0.05, 0) is 24.1 Å². The molecule has 2 rings (SSSR count). The number of halogens is 1. The number of alkyl halides is 1. The van der Waals surface area contributed by atoms with Gasteiger partial charge in [0.1, 0.15) is 0 Å². The van der Waals surface area contributed by atoms with Gasteiger partial charge in [-0.15, -0.1) is 0 Å². The molecule has 0 saturated carbocycles. The van der Waals surface area contributed by atoms with Crippen molar-refractivity contribution in [3.8, 4) is 0 Å². The van der Waals surface area contributed by atoms with E-state index in [9.17, 15) is 4.79 Å². The smallest absolute Gasteiger partial charge is 0.259 e. The van der Waals surface area contributed by atoms with Crippen LogP contribution in [0.4, 0.5) is 5.69 Å². The Hall–Kier alpha value is -1.62. The minimum atomic E-state index is -0.114. The molecular formula is C14H16BrN3O. The minimum Gasteiger partial charge on any atom is -0.322 e. The van der Waals surface area contributed by atoms with Gasteiger partial charge in [-0.1, -0.05) is 35.0 Å². The predicted molar refractivity (Wildman–Crippen MR) is 79.6 cm³/mol. The quantitative estimate of drug-likeness (QED) is 0.879. The molecule has 1 N–H and O–H groups in total. The number of nitrogens with one attached hydrogen (secondary N) is 1. The summed E-state index contributed by atoms with van der Waals surface area (Å²) in [6.07, 6.45) is 2.49. The normalized spacial score (nSPS) is 10.5. The van der Waals surface area contributed by atoms with Crippen LogP contribution in [0.15, 0.2) is 30.5 Å². The van der Waals surface area contributed by atoms with Crippen LogP contribution >= 0.6 is 15.9 Å². The lowest BCUT2D eigenvalue weighted by Crippen LogP contribution is -2.13. The fraction of sp³-hybridized carbons (Fsp3) is 0.286. The number of hydrogen-bond donors (Lipinski definition) is 1. The lowest BCUT2D eigenvalue weighted by atomic mass is 10.2. The molecule has 19 heavy (non-hydrogen) atoms. The third kappa shape index (κ3) is 3.23. The molecule has 5 heteroatoms. The zero-order chi connectivity index (χ0) is 13.8. The summed E-state index contributed by atoms with van der Waals surface area (Å²) in [5, 5.41) is 7.97. The van der Waals surface area contributed by atoms with Crippen LogP contribution in [-0.4, -0.2) is 15.7 Å². The largest absolute Gasteiger partial charge is 0.322 e. The second-order valence-corrected chi connectivity index (χ2v) is 4.86. The van der Waals surface area contributed by atoms with Gasteiger partial charge in [0.15, 0.2) is 0 Å². The molecule has 1 aromatic heterocycles. The van der Waals surface area contributed by atoms with Crippen LogP contribution in [0, 0.1) is 0 Å². The van der Waals surface area contributed by atoms with E-state index in [0.717, 1.165) is 23.1 Å². The Kier molecular flexibility index (Phi) is 4.37. The molecule has 1 aromatic carbocycles. The van der Waals surface area contributed by atoms with E-state index in [4.69, 9.17) is 0 Å². The summed E-state index contributed by atoms with van der Waals surface area (Å²) in [7, 11) is 1.82. The molecule has 0 fully saturated rings. The molecule has 0 spiro atoms. The van der Waals surface area contributed by atoms with Crippen molar-refractivity contribution in [3.63, 3.8) is 0 Å². The number of rotatable bonds is 4. The van der Waals surface area contributed by atoms with Gasteiger partial charge < -0.3 is 5.32 Å². The third-order valence-corrected chi connectivity index (χ3v) is 3.50. The molecule has 2 aromatic rings. The van der Waals surface area contributed by atoms with Crippen molar-refractivity contribution < 1.29 is 4.79 Å². The second-order valence-electron chi connectivity index (χ2n) is 4.30. The van der Waals surface area contributed by atoms with Gasteiger partial charge in [0.2, 0.25) is 0 Å². The lowest BCUT2D eigenvalue weighted by molar-refractivity contribution is 0.102. The van der Waals surface area contributed by atoms with Crippen LogP contribution in [0.3, 0.4) is 0 Å². The van der Waals surface area contributed by atoms with E-state index in [1.54, 1.807) is 10.9 Å². The van der Waals surface area contributed by atoms with Crippen LogP contribution < -0.4 is 5.32 Å². The van der Waals surface area contributed by atoms with Crippen molar-refractivity contribution in [2.75, 3.05) is 5.32 Å². The van der Waals surface area contributed by atoms with E-state index in [0.29, 0.717) is 5.56 Å². The Bertz CT molecular complexity index is 575. The standard InChI is InChI=1S/C14H16BrN3O/c1-3-13-12(9-18(2)17-13)14(19)16-11-6-4-10(8-15)5-7-11/h4-7,9H,3,8H2,1-2H3,(H,16,19). The van der Waals surface area contributed by atoms with E-state index in [-0.39, 0.29) is 5.91 Å². The van der Waals surface area contributed by atoms with Gasteiger partial charge in [0.05, 0.1) is 11.3 Å². The third-order valence-electron chi connectivity index (χ3n) is 2.85. The van der Waals surface area contributed by atoms with Crippen molar-refractivity contribution in [1.82, 2.24) is 9.78 Å². The molecule has 0 unspecified atom stereocenters. The summed E-state index contributed by atoms with van der Waals surface area (Å²) >= 11 is 3.39. The van der Waals surface area contributed by atoms with Crippen molar-refractivity contribution in [2.24, 2.45) is 7.05 Å². The Balaban J connectivity index is 2.15. The Labute approximate surface area is 120 Å². The molecule has 0 aliphatic heterocycles. The van der Waals surface area contributed by atoms with E-state index >= 15 is 0 Å². The summed E-state index contributed by atoms with van der Waals surface area (Å²) in [6.45, 7) is 1.99. The zero-order valence-corrected chi connectivity index (χ0v) is 12.6. The number of benzene rings is 1. The Morgan fingerprint density at radius 2 is 2.05 bits per heavy atom. The monoisotopic (exact) mass is 321 g/mol. The number of aryl methyl sites for hydroxylation is 2. The minimum absolute atomic E-state index is 0.114. The second kappa shape index (κ2) is 6.02. The predicted octanol–water partition coefficient (Wildman–Crippen LogP) is 3.13. The van der Waals surface area contributed by atoms with E-state index < -0.39 is 0 Å². The molecule has 100 valence electrons. The number of anilines is 1. The molecule has 0 aliphatic rings. The lowest BCUT2D eigenvalue weighted by Gasteiger charge is -2.05. The van der Waals surface area contributed by atoms with E-state index in [2.05, 4.69) is 26.3 Å². The number of amides is 1. The number of nitrogens with zero attached hydrogens (tertiary/aromatic N) is 2.